The molecule has 0 aliphatic carbocycles. The molecule has 4 heteroatoms. The fourth-order valence-corrected chi connectivity index (χ4v) is 8.16. The first-order valence-corrected chi connectivity index (χ1v) is 19.9. The molecular weight excluding hydrogens is 721 g/mol. The molecular formula is C55H36N2O2. The second kappa shape index (κ2) is 14.5. The lowest BCUT2D eigenvalue weighted by atomic mass is 9.93. The van der Waals surface area contributed by atoms with Crippen molar-refractivity contribution in [3.8, 4) is 56.0 Å². The van der Waals surface area contributed by atoms with Gasteiger partial charge in [0.05, 0.1) is 0 Å². The Morgan fingerprint density at radius 2 is 0.797 bits per heavy atom. The fraction of sp³-hybridized carbons (Fsp3) is 0. The quantitative estimate of drug-likeness (QED) is 0.155. The highest BCUT2D eigenvalue weighted by molar-refractivity contribution is 6.09. The number of benzene rings is 9. The van der Waals surface area contributed by atoms with E-state index in [0.29, 0.717) is 11.5 Å². The third-order valence-corrected chi connectivity index (χ3v) is 11.1. The zero-order valence-electron chi connectivity index (χ0n) is 32.0. The average Bonchev–Trinajstić information content (AvgIpc) is 3.90. The number of rotatable bonds is 8. The fourth-order valence-electron chi connectivity index (χ4n) is 8.16. The lowest BCUT2D eigenvalue weighted by molar-refractivity contribution is 0.617. The van der Waals surface area contributed by atoms with Crippen molar-refractivity contribution in [2.75, 3.05) is 4.90 Å². The zero-order valence-corrected chi connectivity index (χ0v) is 32.0. The van der Waals surface area contributed by atoms with Crippen LogP contribution in [-0.4, -0.2) is 4.98 Å². The first kappa shape index (κ1) is 34.3. The Bertz CT molecular complexity index is 3230. The second-order valence-corrected chi connectivity index (χ2v) is 14.8. The van der Waals surface area contributed by atoms with Gasteiger partial charge in [0.25, 0.3) is 0 Å². The minimum Gasteiger partial charge on any atom is -0.456 e. The number of nitrogens with zero attached hydrogens (tertiary/aromatic N) is 2. The molecule has 0 aliphatic heterocycles. The Morgan fingerprint density at radius 3 is 1.42 bits per heavy atom. The van der Waals surface area contributed by atoms with Gasteiger partial charge in [0.2, 0.25) is 5.89 Å². The Morgan fingerprint density at radius 1 is 0.305 bits per heavy atom. The van der Waals surface area contributed by atoms with Crippen molar-refractivity contribution in [3.05, 3.63) is 218 Å². The molecule has 0 aliphatic rings. The molecule has 4 nitrogen and oxygen atoms in total. The molecule has 0 atom stereocenters. The van der Waals surface area contributed by atoms with Crippen molar-refractivity contribution in [3.63, 3.8) is 0 Å². The molecule has 2 aromatic heterocycles. The molecule has 0 bridgehead atoms. The second-order valence-electron chi connectivity index (χ2n) is 14.8. The van der Waals surface area contributed by atoms with E-state index < -0.39 is 0 Å². The average molecular weight is 757 g/mol. The molecule has 2 heterocycles. The topological polar surface area (TPSA) is 42.4 Å². The van der Waals surface area contributed by atoms with Crippen LogP contribution in [0.3, 0.4) is 0 Å². The number of hydrogen-bond acceptors (Lipinski definition) is 4. The van der Waals surface area contributed by atoms with Gasteiger partial charge in [-0.25, -0.2) is 4.98 Å². The van der Waals surface area contributed by atoms with Gasteiger partial charge in [-0.2, -0.15) is 0 Å². The van der Waals surface area contributed by atoms with Crippen molar-refractivity contribution in [2.45, 2.75) is 0 Å². The van der Waals surface area contributed by atoms with E-state index in [1.807, 2.05) is 36.4 Å². The highest BCUT2D eigenvalue weighted by Gasteiger charge is 2.18. The number of aromatic nitrogens is 1. The van der Waals surface area contributed by atoms with Crippen molar-refractivity contribution in [1.82, 2.24) is 4.98 Å². The molecule has 0 N–H and O–H groups in total. The van der Waals surface area contributed by atoms with E-state index in [-0.39, 0.29) is 0 Å². The molecule has 11 aromatic rings. The van der Waals surface area contributed by atoms with E-state index in [0.717, 1.165) is 61.2 Å². The molecule has 0 unspecified atom stereocenters. The molecule has 0 spiro atoms. The predicted molar refractivity (Wildman–Crippen MR) is 243 cm³/mol. The smallest absolute Gasteiger partial charge is 0.227 e. The summed E-state index contributed by atoms with van der Waals surface area (Å²) in [7, 11) is 0. The van der Waals surface area contributed by atoms with Crippen LogP contribution in [0.4, 0.5) is 17.1 Å². The summed E-state index contributed by atoms with van der Waals surface area (Å²) in [4.78, 5) is 7.14. The lowest BCUT2D eigenvalue weighted by Gasteiger charge is -2.27. The lowest BCUT2D eigenvalue weighted by Crippen LogP contribution is -2.10. The van der Waals surface area contributed by atoms with Crippen LogP contribution in [-0.2, 0) is 0 Å². The summed E-state index contributed by atoms with van der Waals surface area (Å²) in [6.07, 6.45) is 0. The minimum atomic E-state index is 0.604. The summed E-state index contributed by atoms with van der Waals surface area (Å²) in [5, 5.41) is 2.06. The zero-order chi connectivity index (χ0) is 39.1. The number of anilines is 3. The van der Waals surface area contributed by atoms with Crippen molar-refractivity contribution < 1.29 is 8.83 Å². The van der Waals surface area contributed by atoms with Gasteiger partial charge in [0.15, 0.2) is 5.58 Å². The van der Waals surface area contributed by atoms with Crippen LogP contribution in [0.5, 0.6) is 0 Å². The van der Waals surface area contributed by atoms with Gasteiger partial charge in [0, 0.05) is 39.5 Å². The maximum absolute atomic E-state index is 6.45. The Hall–Kier alpha value is -7.95. The highest BCUT2D eigenvalue weighted by atomic mass is 16.4. The molecule has 278 valence electrons. The van der Waals surface area contributed by atoms with Gasteiger partial charge in [-0.15, -0.1) is 0 Å². The largest absolute Gasteiger partial charge is 0.456 e. The Labute approximate surface area is 341 Å². The highest BCUT2D eigenvalue weighted by Crippen LogP contribution is 2.42. The molecule has 11 rings (SSSR count). The summed E-state index contributed by atoms with van der Waals surface area (Å²) in [5.41, 5.74) is 16.5. The first-order valence-electron chi connectivity index (χ1n) is 19.9. The maximum Gasteiger partial charge on any atom is 0.227 e. The number of oxazole rings is 1. The number of fused-ring (bicyclic) bond motifs is 4. The Balaban J connectivity index is 0.976. The van der Waals surface area contributed by atoms with Gasteiger partial charge >= 0.3 is 0 Å². The van der Waals surface area contributed by atoms with Crippen LogP contribution in [0.15, 0.2) is 227 Å². The molecule has 59 heavy (non-hydrogen) atoms. The SMILES string of the molecule is c1ccc(-c2ccc(N(c3ccc(-c4ccc5c(c4)oc4cc6oc(-c7ccccc7)nc6cc45)cc3)c3ccc(-c4ccccc4)c(-c4ccccc4)c3)cc2)cc1. The van der Waals surface area contributed by atoms with Crippen molar-refractivity contribution in [1.29, 1.82) is 0 Å². The van der Waals surface area contributed by atoms with Crippen LogP contribution in [0, 0.1) is 0 Å². The van der Waals surface area contributed by atoms with E-state index in [1.165, 1.54) is 33.4 Å². The predicted octanol–water partition coefficient (Wildman–Crippen LogP) is 15.5. The molecule has 9 aromatic carbocycles. The summed E-state index contributed by atoms with van der Waals surface area (Å²) in [6.45, 7) is 0. The van der Waals surface area contributed by atoms with Crippen LogP contribution in [0.2, 0.25) is 0 Å². The van der Waals surface area contributed by atoms with Crippen molar-refractivity contribution in [2.24, 2.45) is 0 Å². The van der Waals surface area contributed by atoms with Crippen LogP contribution in [0.1, 0.15) is 0 Å². The monoisotopic (exact) mass is 756 g/mol. The third kappa shape index (κ3) is 6.43. The van der Waals surface area contributed by atoms with E-state index in [4.69, 9.17) is 13.8 Å². The molecule has 0 fully saturated rings. The van der Waals surface area contributed by atoms with Crippen LogP contribution in [0.25, 0.3) is 89.0 Å². The Kier molecular flexibility index (Phi) is 8.45. The third-order valence-electron chi connectivity index (χ3n) is 11.1. The van der Waals surface area contributed by atoms with Gasteiger partial charge in [-0.1, -0.05) is 146 Å². The minimum absolute atomic E-state index is 0.604. The molecule has 0 radical (unpaired) electrons. The molecule has 0 saturated carbocycles. The summed E-state index contributed by atoms with van der Waals surface area (Å²) < 4.78 is 12.6. The summed E-state index contributed by atoms with van der Waals surface area (Å²) in [5.74, 6) is 0.604. The summed E-state index contributed by atoms with van der Waals surface area (Å²) >= 11 is 0. The molecule has 0 amide bonds. The first-order chi connectivity index (χ1) is 29.2. The normalized spacial score (nSPS) is 11.4. The number of furan rings is 1. The summed E-state index contributed by atoms with van der Waals surface area (Å²) in [6, 6.07) is 76.7. The van der Waals surface area contributed by atoms with Gasteiger partial charge in [0.1, 0.15) is 16.7 Å². The van der Waals surface area contributed by atoms with Crippen molar-refractivity contribution >= 4 is 50.1 Å². The van der Waals surface area contributed by atoms with E-state index >= 15 is 0 Å². The van der Waals surface area contributed by atoms with Crippen LogP contribution < -0.4 is 4.90 Å². The maximum atomic E-state index is 6.45. The van der Waals surface area contributed by atoms with E-state index in [1.54, 1.807) is 0 Å². The van der Waals surface area contributed by atoms with E-state index in [2.05, 4.69) is 187 Å². The van der Waals surface area contributed by atoms with E-state index in [9.17, 15) is 0 Å². The van der Waals surface area contributed by atoms with Gasteiger partial charge in [-0.3, -0.25) is 0 Å². The van der Waals surface area contributed by atoms with Crippen LogP contribution >= 0.6 is 0 Å². The van der Waals surface area contributed by atoms with Gasteiger partial charge in [-0.05, 0) is 111 Å². The standard InChI is InChI=1S/C55H36N2O2/c1-5-13-37(14-6-1)38-21-26-44(27-22-38)57(46-30-32-47(40-15-7-2-8-16-40)49(34-46)41-17-9-3-10-18-41)45-28-23-39(24-29-45)43-25-31-48-50-35-51-54(36-53(50)58-52(48)33-43)59-55(56-51)42-19-11-4-12-20-42/h1-36H. The van der Waals surface area contributed by atoms with Gasteiger partial charge < -0.3 is 13.7 Å². The molecule has 0 saturated heterocycles. The number of hydrogen-bond donors (Lipinski definition) is 0.